The number of hydrogen-bond acceptors (Lipinski definition) is 5. The van der Waals surface area contributed by atoms with E-state index in [1.165, 1.54) is 0 Å². The Morgan fingerprint density at radius 2 is 1.77 bits per heavy atom. The van der Waals surface area contributed by atoms with Crippen molar-refractivity contribution in [1.29, 1.82) is 0 Å². The van der Waals surface area contributed by atoms with E-state index in [-0.39, 0.29) is 62.2 Å². The number of benzene rings is 2. The number of halogens is 2. The highest BCUT2D eigenvalue weighted by molar-refractivity contribution is 5.97. The van der Waals surface area contributed by atoms with Gasteiger partial charge in [0, 0.05) is 43.6 Å². The Hall–Kier alpha value is -3.33. The smallest absolute Gasteiger partial charge is 0.227 e. The number of fused-ring (bicyclic) bond motifs is 1. The van der Waals surface area contributed by atoms with E-state index in [4.69, 9.17) is 9.47 Å². The van der Waals surface area contributed by atoms with Crippen LogP contribution in [0.15, 0.2) is 36.4 Å². The van der Waals surface area contributed by atoms with Gasteiger partial charge < -0.3 is 19.3 Å². The van der Waals surface area contributed by atoms with Gasteiger partial charge in [-0.1, -0.05) is 25.1 Å². The second-order valence-corrected chi connectivity index (χ2v) is 8.61. The first-order valence-electron chi connectivity index (χ1n) is 11.8. The van der Waals surface area contributed by atoms with E-state index in [2.05, 4.69) is 0 Å². The first-order valence-corrected chi connectivity index (χ1v) is 11.8. The molecule has 0 aromatic heterocycles. The Morgan fingerprint density at radius 1 is 1.06 bits per heavy atom. The highest BCUT2D eigenvalue weighted by Crippen LogP contribution is 2.28. The number of Topliss-reactive ketones (excluding diaryl/α,β-unsaturated/α-hetero) is 1. The minimum absolute atomic E-state index is 0.0486. The van der Waals surface area contributed by atoms with Crippen LogP contribution in [-0.2, 0) is 20.7 Å². The van der Waals surface area contributed by atoms with Crippen LogP contribution in [0.25, 0.3) is 0 Å². The van der Waals surface area contributed by atoms with Crippen LogP contribution in [0.5, 0.6) is 5.75 Å². The molecule has 7 nitrogen and oxygen atoms in total. The molecular weight excluding hydrogens is 458 g/mol. The second-order valence-electron chi connectivity index (χ2n) is 8.61. The maximum atomic E-state index is 14.3. The molecule has 2 aromatic rings. The molecule has 4 rings (SSSR count). The van der Waals surface area contributed by atoms with Gasteiger partial charge in [0.1, 0.15) is 12.7 Å². The monoisotopic (exact) mass is 486 g/mol. The molecule has 0 N–H and O–H groups in total. The zero-order valence-corrected chi connectivity index (χ0v) is 19.6. The van der Waals surface area contributed by atoms with Gasteiger partial charge in [0.15, 0.2) is 23.2 Å². The number of carbonyl (C=O) groups excluding carboxylic acids is 3. The summed E-state index contributed by atoms with van der Waals surface area (Å²) in [5.74, 6) is -3.15. The Labute approximate surface area is 202 Å². The summed E-state index contributed by atoms with van der Waals surface area (Å²) >= 11 is 0. The number of rotatable bonds is 8. The molecule has 0 bridgehead atoms. The van der Waals surface area contributed by atoms with Gasteiger partial charge >= 0.3 is 0 Å². The predicted molar refractivity (Wildman–Crippen MR) is 125 cm³/mol. The lowest BCUT2D eigenvalue weighted by atomic mass is 10.1. The molecule has 9 heteroatoms. The second kappa shape index (κ2) is 10.9. The summed E-state index contributed by atoms with van der Waals surface area (Å²) in [6, 6.07) is 9.66. The van der Waals surface area contributed by atoms with Gasteiger partial charge in [-0.05, 0) is 30.2 Å². The lowest BCUT2D eigenvalue weighted by molar-refractivity contribution is -0.141. The largest absolute Gasteiger partial charge is 0.485 e. The summed E-state index contributed by atoms with van der Waals surface area (Å²) in [7, 11) is 0. The number of anilines is 1. The topological polar surface area (TPSA) is 76.2 Å². The number of nitrogens with zero attached hydrogens (tertiary/aromatic N) is 2. The molecule has 0 radical (unpaired) electrons. The van der Waals surface area contributed by atoms with E-state index < -0.39 is 23.5 Å². The van der Waals surface area contributed by atoms with E-state index in [0.717, 1.165) is 29.8 Å². The van der Waals surface area contributed by atoms with Crippen LogP contribution in [-0.4, -0.2) is 61.4 Å². The summed E-state index contributed by atoms with van der Waals surface area (Å²) in [4.78, 5) is 40.4. The Bertz CT molecular complexity index is 1100. The zero-order chi connectivity index (χ0) is 24.9. The Morgan fingerprint density at radius 3 is 2.51 bits per heavy atom. The van der Waals surface area contributed by atoms with Crippen molar-refractivity contribution in [3.63, 3.8) is 0 Å². The molecule has 186 valence electrons. The minimum Gasteiger partial charge on any atom is -0.485 e. The third kappa shape index (κ3) is 5.67. The fourth-order valence-corrected chi connectivity index (χ4v) is 4.39. The Kier molecular flexibility index (Phi) is 7.75. The van der Waals surface area contributed by atoms with Crippen molar-refractivity contribution in [1.82, 2.24) is 4.90 Å². The van der Waals surface area contributed by atoms with Crippen molar-refractivity contribution in [2.75, 3.05) is 37.7 Å². The van der Waals surface area contributed by atoms with Crippen LogP contribution in [0, 0.1) is 11.6 Å². The highest BCUT2D eigenvalue weighted by atomic mass is 19.1. The van der Waals surface area contributed by atoms with E-state index in [1.54, 1.807) is 16.7 Å². The van der Waals surface area contributed by atoms with E-state index in [9.17, 15) is 23.2 Å². The van der Waals surface area contributed by atoms with Crippen molar-refractivity contribution in [3.8, 4) is 5.75 Å². The van der Waals surface area contributed by atoms with Crippen LogP contribution in [0.1, 0.15) is 42.1 Å². The normalized spacial score (nSPS) is 17.3. The molecule has 1 atom stereocenters. The average Bonchev–Trinajstić information content (AvgIpc) is 3.30. The SMILES string of the molecule is CCC(=O)c1cc(F)c(OCC2CN(C(=O)CCC(=O)N3CCc4ccccc43)CCO2)c(F)c1. The average molecular weight is 487 g/mol. The summed E-state index contributed by atoms with van der Waals surface area (Å²) in [5.41, 5.74) is 1.98. The molecule has 1 saturated heterocycles. The molecule has 2 aliphatic heterocycles. The third-order valence-electron chi connectivity index (χ3n) is 6.29. The maximum Gasteiger partial charge on any atom is 0.227 e. The van der Waals surface area contributed by atoms with Crippen molar-refractivity contribution in [2.24, 2.45) is 0 Å². The highest BCUT2D eigenvalue weighted by Gasteiger charge is 2.28. The lowest BCUT2D eigenvalue weighted by Crippen LogP contribution is -2.47. The van der Waals surface area contributed by atoms with Crippen molar-refractivity contribution in [3.05, 3.63) is 59.2 Å². The molecule has 2 heterocycles. The summed E-state index contributed by atoms with van der Waals surface area (Å²) in [6.45, 7) is 2.87. The molecule has 35 heavy (non-hydrogen) atoms. The molecule has 2 amide bonds. The van der Waals surface area contributed by atoms with Crippen molar-refractivity contribution >= 4 is 23.3 Å². The number of amides is 2. The minimum atomic E-state index is -0.965. The Balaban J connectivity index is 1.28. The third-order valence-corrected chi connectivity index (χ3v) is 6.29. The van der Waals surface area contributed by atoms with Gasteiger partial charge in [-0.25, -0.2) is 8.78 Å². The van der Waals surface area contributed by atoms with E-state index in [1.807, 2.05) is 24.3 Å². The molecule has 2 aliphatic rings. The predicted octanol–water partition coefficient (Wildman–Crippen LogP) is 3.53. The fraction of sp³-hybridized carbons (Fsp3) is 0.423. The number of carbonyl (C=O) groups is 3. The number of para-hydroxylation sites is 1. The molecule has 1 unspecified atom stereocenters. The van der Waals surface area contributed by atoms with Crippen molar-refractivity contribution < 1.29 is 32.6 Å². The van der Waals surface area contributed by atoms with Gasteiger partial charge in [0.05, 0.1) is 13.2 Å². The maximum absolute atomic E-state index is 14.3. The van der Waals surface area contributed by atoms with Crippen LogP contribution in [0.3, 0.4) is 0 Å². The quantitative estimate of drug-likeness (QED) is 0.534. The number of ether oxygens (including phenoxy) is 2. The standard InChI is InChI=1S/C26H28F2N2O5/c1-2-23(31)18-13-20(27)26(21(28)14-18)35-16-19-15-29(11-12-34-19)24(32)7-8-25(33)30-10-9-17-5-3-4-6-22(17)30/h3-6,13-14,19H,2,7-12,15-16H2,1H3. The zero-order valence-electron chi connectivity index (χ0n) is 19.6. The summed E-state index contributed by atoms with van der Waals surface area (Å²) < 4.78 is 39.5. The molecular formula is C26H28F2N2O5. The summed E-state index contributed by atoms with van der Waals surface area (Å²) in [6.07, 6.45) is 0.534. The van der Waals surface area contributed by atoms with Gasteiger partial charge in [0.2, 0.25) is 11.8 Å². The van der Waals surface area contributed by atoms with E-state index in [0.29, 0.717) is 13.1 Å². The van der Waals surface area contributed by atoms with E-state index >= 15 is 0 Å². The first kappa shape index (κ1) is 24.8. The fourth-order valence-electron chi connectivity index (χ4n) is 4.39. The van der Waals surface area contributed by atoms with Crippen molar-refractivity contribution in [2.45, 2.75) is 38.7 Å². The van der Waals surface area contributed by atoms with Gasteiger partial charge in [-0.3, -0.25) is 14.4 Å². The number of hydrogen-bond donors (Lipinski definition) is 0. The summed E-state index contributed by atoms with van der Waals surface area (Å²) in [5, 5.41) is 0. The molecule has 2 aromatic carbocycles. The molecule has 0 aliphatic carbocycles. The van der Waals surface area contributed by atoms with Crippen LogP contribution in [0.4, 0.5) is 14.5 Å². The first-order chi connectivity index (χ1) is 16.9. The van der Waals surface area contributed by atoms with Crippen LogP contribution in [0.2, 0.25) is 0 Å². The number of ketones is 1. The van der Waals surface area contributed by atoms with Gasteiger partial charge in [-0.2, -0.15) is 0 Å². The molecule has 0 spiro atoms. The van der Waals surface area contributed by atoms with Gasteiger partial charge in [-0.15, -0.1) is 0 Å². The van der Waals surface area contributed by atoms with Crippen LogP contribution < -0.4 is 9.64 Å². The molecule has 0 saturated carbocycles. The van der Waals surface area contributed by atoms with Gasteiger partial charge in [0.25, 0.3) is 0 Å². The number of morpholine rings is 1. The molecule has 1 fully saturated rings. The lowest BCUT2D eigenvalue weighted by Gasteiger charge is -2.33. The van der Waals surface area contributed by atoms with Crippen LogP contribution >= 0.6 is 0 Å².